The van der Waals surface area contributed by atoms with E-state index in [1.165, 1.54) is 0 Å². The van der Waals surface area contributed by atoms with Gasteiger partial charge in [-0.25, -0.2) is 4.79 Å². The minimum atomic E-state index is -0.200. The van der Waals surface area contributed by atoms with E-state index < -0.39 is 0 Å². The molecule has 0 spiro atoms. The fraction of sp³-hybridized carbons (Fsp3) is 0.190. The first-order chi connectivity index (χ1) is 12.6. The maximum Gasteiger partial charge on any atom is 0.315 e. The number of hydrogen-bond donors (Lipinski definition) is 2. The maximum atomic E-state index is 12.1. The summed E-state index contributed by atoms with van der Waals surface area (Å²) in [5.41, 5.74) is 5.15. The summed E-state index contributed by atoms with van der Waals surface area (Å²) in [5.74, 6) is 0. The van der Waals surface area contributed by atoms with Crippen LogP contribution in [0, 0.1) is 6.92 Å². The van der Waals surface area contributed by atoms with Crippen LogP contribution in [0.5, 0.6) is 0 Å². The van der Waals surface area contributed by atoms with Gasteiger partial charge < -0.3 is 10.6 Å². The number of amides is 2. The summed E-state index contributed by atoms with van der Waals surface area (Å²) in [6, 6.07) is 15.7. The van der Waals surface area contributed by atoms with Crippen molar-refractivity contribution < 1.29 is 4.79 Å². The van der Waals surface area contributed by atoms with Gasteiger partial charge in [-0.05, 0) is 48.2 Å². The molecule has 2 heterocycles. The molecular formula is C21H22N4O. The van der Waals surface area contributed by atoms with Crippen LogP contribution < -0.4 is 10.6 Å². The number of nitrogens with one attached hydrogen (secondary N) is 2. The highest BCUT2D eigenvalue weighted by Gasteiger charge is 2.09. The molecule has 1 aromatic carbocycles. The van der Waals surface area contributed by atoms with Crippen molar-refractivity contribution in [1.29, 1.82) is 0 Å². The van der Waals surface area contributed by atoms with Crippen molar-refractivity contribution >= 4 is 6.03 Å². The molecule has 5 heteroatoms. The van der Waals surface area contributed by atoms with Crippen LogP contribution in [0.4, 0.5) is 4.79 Å². The minimum Gasteiger partial charge on any atom is -0.334 e. The average molecular weight is 346 g/mol. The highest BCUT2D eigenvalue weighted by molar-refractivity contribution is 5.74. The number of aryl methyl sites for hydroxylation is 1. The molecule has 1 atom stereocenters. The summed E-state index contributed by atoms with van der Waals surface area (Å²) in [6.45, 7) is 4.35. The highest BCUT2D eigenvalue weighted by Crippen LogP contribution is 2.21. The van der Waals surface area contributed by atoms with E-state index in [0.29, 0.717) is 6.54 Å². The Morgan fingerprint density at radius 3 is 2.50 bits per heavy atom. The molecule has 3 aromatic rings. The molecule has 5 nitrogen and oxygen atoms in total. The van der Waals surface area contributed by atoms with Crippen molar-refractivity contribution in [2.45, 2.75) is 26.4 Å². The lowest BCUT2D eigenvalue weighted by Gasteiger charge is -2.15. The first kappa shape index (κ1) is 17.6. The van der Waals surface area contributed by atoms with E-state index in [4.69, 9.17) is 0 Å². The zero-order chi connectivity index (χ0) is 18.4. The first-order valence-corrected chi connectivity index (χ1v) is 8.58. The van der Waals surface area contributed by atoms with Gasteiger partial charge in [0, 0.05) is 30.8 Å². The van der Waals surface area contributed by atoms with Crippen LogP contribution in [0.15, 0.2) is 67.1 Å². The molecule has 0 saturated heterocycles. The van der Waals surface area contributed by atoms with Gasteiger partial charge in [0.25, 0.3) is 0 Å². The Balaban J connectivity index is 1.54. The Kier molecular flexibility index (Phi) is 5.59. The number of rotatable bonds is 5. The predicted molar refractivity (Wildman–Crippen MR) is 102 cm³/mol. The van der Waals surface area contributed by atoms with Crippen molar-refractivity contribution in [3.63, 3.8) is 0 Å². The van der Waals surface area contributed by atoms with Gasteiger partial charge in [0.1, 0.15) is 0 Å². The SMILES string of the molecule is Cc1ccc(CNC(=O)NC(C)c2ccc(-c3cccnc3)cc2)cn1. The molecule has 2 N–H and O–H groups in total. The van der Waals surface area contributed by atoms with Crippen molar-refractivity contribution in [1.82, 2.24) is 20.6 Å². The third kappa shape index (κ3) is 4.66. The van der Waals surface area contributed by atoms with E-state index in [0.717, 1.165) is 27.9 Å². The maximum absolute atomic E-state index is 12.1. The summed E-state index contributed by atoms with van der Waals surface area (Å²) in [5, 5.41) is 5.81. The van der Waals surface area contributed by atoms with Crippen LogP contribution in [0.3, 0.4) is 0 Å². The normalized spacial score (nSPS) is 11.6. The monoisotopic (exact) mass is 346 g/mol. The Morgan fingerprint density at radius 1 is 1.04 bits per heavy atom. The van der Waals surface area contributed by atoms with Crippen LogP contribution in [0.25, 0.3) is 11.1 Å². The molecule has 0 aliphatic heterocycles. The average Bonchev–Trinajstić information content (AvgIpc) is 2.68. The summed E-state index contributed by atoms with van der Waals surface area (Å²) in [6.07, 6.45) is 5.37. The largest absolute Gasteiger partial charge is 0.334 e. The molecule has 0 bridgehead atoms. The van der Waals surface area contributed by atoms with Crippen LogP contribution >= 0.6 is 0 Å². The van der Waals surface area contributed by atoms with E-state index in [9.17, 15) is 4.79 Å². The molecule has 132 valence electrons. The summed E-state index contributed by atoms with van der Waals surface area (Å²) in [4.78, 5) is 20.5. The quantitative estimate of drug-likeness (QED) is 0.733. The molecule has 1 unspecified atom stereocenters. The number of benzene rings is 1. The Labute approximate surface area is 153 Å². The van der Waals surface area contributed by atoms with E-state index >= 15 is 0 Å². The zero-order valence-corrected chi connectivity index (χ0v) is 14.9. The number of carbonyl (C=O) groups excluding carboxylic acids is 1. The van der Waals surface area contributed by atoms with E-state index in [2.05, 4.69) is 20.6 Å². The summed E-state index contributed by atoms with van der Waals surface area (Å²) in [7, 11) is 0. The lowest BCUT2D eigenvalue weighted by atomic mass is 10.0. The number of aromatic nitrogens is 2. The highest BCUT2D eigenvalue weighted by atomic mass is 16.2. The molecule has 0 saturated carbocycles. The molecular weight excluding hydrogens is 324 g/mol. The number of carbonyl (C=O) groups is 1. The number of pyridine rings is 2. The van der Waals surface area contributed by atoms with E-state index in [-0.39, 0.29) is 12.1 Å². The Morgan fingerprint density at radius 2 is 1.85 bits per heavy atom. The third-order valence-electron chi connectivity index (χ3n) is 4.18. The Hall–Kier alpha value is -3.21. The van der Waals surface area contributed by atoms with E-state index in [1.807, 2.05) is 68.6 Å². The van der Waals surface area contributed by atoms with Gasteiger partial charge in [0.2, 0.25) is 0 Å². The molecule has 0 fully saturated rings. The summed E-state index contributed by atoms with van der Waals surface area (Å²) >= 11 is 0. The molecule has 2 amide bonds. The standard InChI is InChI=1S/C21H22N4O/c1-15-5-6-17(12-23-15)13-24-21(26)25-16(2)18-7-9-19(10-8-18)20-4-3-11-22-14-20/h3-12,14,16H,13H2,1-2H3,(H2,24,25,26). The molecule has 0 aliphatic carbocycles. The molecule has 0 radical (unpaired) electrons. The lowest BCUT2D eigenvalue weighted by molar-refractivity contribution is 0.237. The van der Waals surface area contributed by atoms with Gasteiger partial charge in [-0.3, -0.25) is 9.97 Å². The van der Waals surface area contributed by atoms with Gasteiger partial charge in [0.15, 0.2) is 0 Å². The van der Waals surface area contributed by atoms with Crippen LogP contribution in [0.2, 0.25) is 0 Å². The van der Waals surface area contributed by atoms with Gasteiger partial charge in [-0.15, -0.1) is 0 Å². The Bertz CT molecular complexity index is 845. The third-order valence-corrected chi connectivity index (χ3v) is 4.18. The number of nitrogens with zero attached hydrogens (tertiary/aromatic N) is 2. The second kappa shape index (κ2) is 8.25. The fourth-order valence-electron chi connectivity index (χ4n) is 2.61. The smallest absolute Gasteiger partial charge is 0.315 e. The van der Waals surface area contributed by atoms with Crippen molar-refractivity contribution in [3.8, 4) is 11.1 Å². The first-order valence-electron chi connectivity index (χ1n) is 8.58. The molecule has 0 aliphatic rings. The van der Waals surface area contributed by atoms with Crippen molar-refractivity contribution in [2.75, 3.05) is 0 Å². The zero-order valence-electron chi connectivity index (χ0n) is 14.9. The van der Waals surface area contributed by atoms with Crippen LogP contribution in [0.1, 0.15) is 29.8 Å². The van der Waals surface area contributed by atoms with Gasteiger partial charge in [-0.2, -0.15) is 0 Å². The van der Waals surface area contributed by atoms with Crippen LogP contribution in [-0.4, -0.2) is 16.0 Å². The lowest BCUT2D eigenvalue weighted by Crippen LogP contribution is -2.36. The second-order valence-electron chi connectivity index (χ2n) is 6.22. The minimum absolute atomic E-state index is 0.0888. The predicted octanol–water partition coefficient (Wildman–Crippen LogP) is 4.01. The summed E-state index contributed by atoms with van der Waals surface area (Å²) < 4.78 is 0. The second-order valence-corrected chi connectivity index (χ2v) is 6.22. The van der Waals surface area contributed by atoms with Crippen LogP contribution in [-0.2, 0) is 6.54 Å². The molecule has 3 rings (SSSR count). The molecule has 2 aromatic heterocycles. The van der Waals surface area contributed by atoms with Crippen molar-refractivity contribution in [2.24, 2.45) is 0 Å². The number of urea groups is 1. The molecule has 26 heavy (non-hydrogen) atoms. The fourth-order valence-corrected chi connectivity index (χ4v) is 2.61. The van der Waals surface area contributed by atoms with Crippen molar-refractivity contribution in [3.05, 3.63) is 83.9 Å². The van der Waals surface area contributed by atoms with Gasteiger partial charge >= 0.3 is 6.03 Å². The van der Waals surface area contributed by atoms with E-state index in [1.54, 1.807) is 12.4 Å². The van der Waals surface area contributed by atoms with Gasteiger partial charge in [0.05, 0.1) is 6.04 Å². The number of hydrogen-bond acceptors (Lipinski definition) is 3. The topological polar surface area (TPSA) is 66.9 Å². The van der Waals surface area contributed by atoms with Gasteiger partial charge in [-0.1, -0.05) is 36.4 Å².